The molecule has 2 atom stereocenters. The summed E-state index contributed by atoms with van der Waals surface area (Å²) in [6.45, 7) is 1.49. The molecular formula is C6H14N2O3. The van der Waals surface area contributed by atoms with Gasteiger partial charge in [-0.3, -0.25) is 10.1 Å². The lowest BCUT2D eigenvalue weighted by atomic mass is 10.2. The molecule has 0 heterocycles. The minimum absolute atomic E-state index is 0.156. The summed E-state index contributed by atoms with van der Waals surface area (Å²) in [6, 6.07) is -0.750. The zero-order chi connectivity index (χ0) is 8.85. The van der Waals surface area contributed by atoms with Crippen molar-refractivity contribution in [3.05, 3.63) is 0 Å². The number of carboxylic acids is 1. The number of aliphatic hydroxyl groups excluding tert-OH is 1. The fourth-order valence-corrected chi connectivity index (χ4v) is 0.725. The highest BCUT2D eigenvalue weighted by molar-refractivity contribution is 5.73. The van der Waals surface area contributed by atoms with E-state index in [1.807, 2.05) is 0 Å². The van der Waals surface area contributed by atoms with E-state index in [-0.39, 0.29) is 19.2 Å². The lowest BCUT2D eigenvalue weighted by Crippen LogP contribution is -2.46. The van der Waals surface area contributed by atoms with Crippen LogP contribution in [0, 0.1) is 0 Å². The van der Waals surface area contributed by atoms with Crippen LogP contribution in [0.5, 0.6) is 0 Å². The third-order valence-electron chi connectivity index (χ3n) is 1.18. The molecule has 0 radical (unpaired) electrons. The Morgan fingerprint density at radius 3 is 2.55 bits per heavy atom. The van der Waals surface area contributed by atoms with Gasteiger partial charge in [-0.25, -0.2) is 0 Å². The van der Waals surface area contributed by atoms with Gasteiger partial charge in [-0.2, -0.15) is 0 Å². The van der Waals surface area contributed by atoms with E-state index >= 15 is 0 Å². The largest absolute Gasteiger partial charge is 0.480 e. The van der Waals surface area contributed by atoms with Crippen molar-refractivity contribution in [1.82, 2.24) is 5.32 Å². The summed E-state index contributed by atoms with van der Waals surface area (Å²) in [4.78, 5) is 10.4. The molecule has 5 heteroatoms. The van der Waals surface area contributed by atoms with Crippen molar-refractivity contribution in [3.63, 3.8) is 0 Å². The maximum absolute atomic E-state index is 10.4. The van der Waals surface area contributed by atoms with Gasteiger partial charge in [0.2, 0.25) is 0 Å². The Balaban J connectivity index is 3.79. The Morgan fingerprint density at radius 1 is 1.73 bits per heavy atom. The van der Waals surface area contributed by atoms with E-state index in [0.717, 1.165) is 0 Å². The van der Waals surface area contributed by atoms with Crippen molar-refractivity contribution in [2.75, 3.05) is 6.61 Å². The Labute approximate surface area is 65.2 Å². The summed E-state index contributed by atoms with van der Waals surface area (Å²) in [5, 5.41) is 19.6. The molecular weight excluding hydrogens is 148 g/mol. The summed E-state index contributed by atoms with van der Waals surface area (Å²) < 4.78 is 0. The summed E-state index contributed by atoms with van der Waals surface area (Å²) in [5.74, 6) is -0.989. The van der Waals surface area contributed by atoms with Gasteiger partial charge >= 0.3 is 5.97 Å². The Bertz CT molecular complexity index is 127. The van der Waals surface area contributed by atoms with E-state index in [9.17, 15) is 4.79 Å². The van der Waals surface area contributed by atoms with Crippen LogP contribution in [0.15, 0.2) is 0 Å². The smallest absolute Gasteiger partial charge is 0.320 e. The fraction of sp³-hybridized carbons (Fsp3) is 0.833. The van der Waals surface area contributed by atoms with Crippen molar-refractivity contribution < 1.29 is 15.0 Å². The molecule has 2 unspecified atom stereocenters. The molecule has 0 aliphatic carbocycles. The molecule has 5 N–H and O–H groups in total. The third kappa shape index (κ3) is 4.72. The van der Waals surface area contributed by atoms with E-state index in [2.05, 4.69) is 5.32 Å². The average molecular weight is 162 g/mol. The topological polar surface area (TPSA) is 95.6 Å². The number of rotatable bonds is 5. The number of carboxylic acid groups (broad SMARTS) is 1. The van der Waals surface area contributed by atoms with Crippen molar-refractivity contribution in [2.45, 2.75) is 25.6 Å². The number of hydrogen-bond acceptors (Lipinski definition) is 4. The van der Waals surface area contributed by atoms with Crippen LogP contribution in [0.25, 0.3) is 0 Å². The summed E-state index contributed by atoms with van der Waals surface area (Å²) in [7, 11) is 0. The zero-order valence-corrected chi connectivity index (χ0v) is 6.45. The van der Waals surface area contributed by atoms with Gasteiger partial charge in [-0.15, -0.1) is 0 Å². The first-order valence-corrected chi connectivity index (χ1v) is 3.43. The van der Waals surface area contributed by atoms with Gasteiger partial charge in [0.05, 0.1) is 6.17 Å². The summed E-state index contributed by atoms with van der Waals surface area (Å²) in [5.41, 5.74) is 5.31. The minimum Gasteiger partial charge on any atom is -0.480 e. The molecule has 66 valence electrons. The highest BCUT2D eigenvalue weighted by atomic mass is 16.4. The second-order valence-electron chi connectivity index (χ2n) is 2.36. The lowest BCUT2D eigenvalue weighted by molar-refractivity contribution is -0.140. The molecule has 0 bridgehead atoms. The predicted octanol–water partition coefficient (Wildman–Crippen LogP) is -1.28. The highest BCUT2D eigenvalue weighted by Crippen LogP contribution is 1.91. The molecule has 0 rings (SSSR count). The average Bonchev–Trinajstić information content (AvgIpc) is 1.86. The van der Waals surface area contributed by atoms with Gasteiger partial charge in [-0.05, 0) is 13.3 Å². The lowest BCUT2D eigenvalue weighted by Gasteiger charge is -2.15. The molecule has 0 aromatic carbocycles. The van der Waals surface area contributed by atoms with Crippen LogP contribution in [0.4, 0.5) is 0 Å². The predicted molar refractivity (Wildman–Crippen MR) is 39.9 cm³/mol. The van der Waals surface area contributed by atoms with Gasteiger partial charge in [0, 0.05) is 6.61 Å². The van der Waals surface area contributed by atoms with Gasteiger partial charge in [-0.1, -0.05) is 0 Å². The first-order valence-electron chi connectivity index (χ1n) is 3.43. The second kappa shape index (κ2) is 5.06. The standard InChI is InChI=1S/C6H14N2O3/c1-4(7)8-5(2-3-9)6(10)11/h4-5,8-9H,2-3,7H2,1H3,(H,10,11). The number of aliphatic hydroxyl groups is 1. The van der Waals surface area contributed by atoms with Gasteiger partial charge in [0.1, 0.15) is 6.04 Å². The summed E-state index contributed by atoms with van der Waals surface area (Å²) in [6.07, 6.45) is -0.195. The van der Waals surface area contributed by atoms with Crippen LogP contribution >= 0.6 is 0 Å². The molecule has 0 saturated heterocycles. The molecule has 0 aliphatic heterocycles. The van der Waals surface area contributed by atoms with E-state index in [1.54, 1.807) is 6.92 Å². The van der Waals surface area contributed by atoms with E-state index in [0.29, 0.717) is 0 Å². The van der Waals surface area contributed by atoms with E-state index in [1.165, 1.54) is 0 Å². The summed E-state index contributed by atoms with van der Waals surface area (Å²) >= 11 is 0. The number of aliphatic carboxylic acids is 1. The molecule has 0 spiro atoms. The molecule has 11 heavy (non-hydrogen) atoms. The van der Waals surface area contributed by atoms with Crippen LogP contribution in [0.1, 0.15) is 13.3 Å². The number of hydrogen-bond donors (Lipinski definition) is 4. The highest BCUT2D eigenvalue weighted by Gasteiger charge is 2.16. The van der Waals surface area contributed by atoms with Gasteiger partial charge in [0.25, 0.3) is 0 Å². The van der Waals surface area contributed by atoms with Crippen molar-refractivity contribution in [3.8, 4) is 0 Å². The number of carbonyl (C=O) groups is 1. The van der Waals surface area contributed by atoms with E-state index < -0.39 is 12.0 Å². The van der Waals surface area contributed by atoms with Gasteiger partial charge in [0.15, 0.2) is 0 Å². The van der Waals surface area contributed by atoms with Crippen LogP contribution in [0.2, 0.25) is 0 Å². The van der Waals surface area contributed by atoms with Crippen molar-refractivity contribution >= 4 is 5.97 Å². The number of nitrogens with two attached hydrogens (primary N) is 1. The molecule has 0 aliphatic rings. The van der Waals surface area contributed by atoms with Crippen LogP contribution in [0.3, 0.4) is 0 Å². The first-order chi connectivity index (χ1) is 5.07. The fourth-order valence-electron chi connectivity index (χ4n) is 0.725. The molecule has 0 amide bonds. The third-order valence-corrected chi connectivity index (χ3v) is 1.18. The van der Waals surface area contributed by atoms with Crippen LogP contribution in [-0.2, 0) is 4.79 Å². The zero-order valence-electron chi connectivity index (χ0n) is 6.45. The SMILES string of the molecule is CC(N)NC(CCO)C(=O)O. The van der Waals surface area contributed by atoms with E-state index in [4.69, 9.17) is 15.9 Å². The molecule has 0 aromatic rings. The van der Waals surface area contributed by atoms with Crippen molar-refractivity contribution in [2.24, 2.45) is 5.73 Å². The molecule has 0 aromatic heterocycles. The normalized spacial score (nSPS) is 15.9. The maximum Gasteiger partial charge on any atom is 0.320 e. The maximum atomic E-state index is 10.4. The van der Waals surface area contributed by atoms with Gasteiger partial charge < -0.3 is 15.9 Å². The quantitative estimate of drug-likeness (QED) is 0.377. The van der Waals surface area contributed by atoms with Crippen LogP contribution in [-0.4, -0.2) is 35.0 Å². The molecule has 5 nitrogen and oxygen atoms in total. The Morgan fingerprint density at radius 2 is 2.27 bits per heavy atom. The second-order valence-corrected chi connectivity index (χ2v) is 2.36. The van der Waals surface area contributed by atoms with Crippen LogP contribution < -0.4 is 11.1 Å². The van der Waals surface area contributed by atoms with Crippen molar-refractivity contribution in [1.29, 1.82) is 0 Å². The minimum atomic E-state index is -0.989. The molecule has 0 fully saturated rings. The Kier molecular flexibility index (Phi) is 4.76. The first kappa shape index (κ1) is 10.3. The monoisotopic (exact) mass is 162 g/mol. The number of nitrogens with one attached hydrogen (secondary N) is 1. The Hall–Kier alpha value is -0.650. The molecule has 0 saturated carbocycles.